The Bertz CT molecular complexity index is 465. The molecule has 1 aromatic carbocycles. The summed E-state index contributed by atoms with van der Waals surface area (Å²) in [5.41, 5.74) is 0.659. The standard InChI is InChI=1S/C17H26N2O2.HI/c1-5-6-14-21-16-10-8-15(9-11-16)17(20)18-12-7-13-19(2,3)4;/h6,8-11,14H,5,7,12-13H2,1-4H3;1H. The molecule has 5 heteroatoms. The van der Waals surface area contributed by atoms with Crippen LogP contribution in [0.2, 0.25) is 0 Å². The molecule has 0 fully saturated rings. The quantitative estimate of drug-likeness (QED) is 0.275. The van der Waals surface area contributed by atoms with Crippen molar-refractivity contribution in [2.24, 2.45) is 0 Å². The zero-order valence-electron chi connectivity index (χ0n) is 13.9. The van der Waals surface area contributed by atoms with Crippen molar-refractivity contribution in [3.05, 3.63) is 42.2 Å². The van der Waals surface area contributed by atoms with Crippen LogP contribution in [0, 0.1) is 0 Å². The summed E-state index contributed by atoms with van der Waals surface area (Å²) in [7, 11) is 6.44. The Kier molecular flexibility index (Phi) is 10.1. The minimum Gasteiger partial charge on any atom is -1.00 e. The summed E-state index contributed by atoms with van der Waals surface area (Å²) in [4.78, 5) is 12.0. The van der Waals surface area contributed by atoms with Gasteiger partial charge in [0.15, 0.2) is 0 Å². The number of halogens is 1. The number of nitrogens with zero attached hydrogens (tertiary/aromatic N) is 1. The molecular formula is C17H27IN2O2. The van der Waals surface area contributed by atoms with Gasteiger partial charge in [0.2, 0.25) is 0 Å². The molecule has 0 unspecified atom stereocenters. The van der Waals surface area contributed by atoms with Gasteiger partial charge in [0.1, 0.15) is 5.75 Å². The number of allylic oxidation sites excluding steroid dienone is 1. The second-order valence-electron chi connectivity index (χ2n) is 6.05. The summed E-state index contributed by atoms with van der Waals surface area (Å²) >= 11 is 0. The lowest BCUT2D eigenvalue weighted by atomic mass is 10.2. The molecule has 0 spiro atoms. The Balaban J connectivity index is 0.00000441. The molecule has 0 aliphatic heterocycles. The Morgan fingerprint density at radius 3 is 2.41 bits per heavy atom. The third-order valence-electron chi connectivity index (χ3n) is 2.94. The van der Waals surface area contributed by atoms with E-state index in [4.69, 9.17) is 4.74 Å². The van der Waals surface area contributed by atoms with Crippen LogP contribution < -0.4 is 34.0 Å². The molecule has 0 radical (unpaired) electrons. The van der Waals surface area contributed by atoms with Crippen LogP contribution in [-0.4, -0.2) is 44.6 Å². The highest BCUT2D eigenvalue weighted by Crippen LogP contribution is 2.12. The molecule has 1 N–H and O–H groups in total. The number of rotatable bonds is 8. The summed E-state index contributed by atoms with van der Waals surface area (Å²) in [6.45, 7) is 3.79. The first-order chi connectivity index (χ1) is 9.92. The fourth-order valence-electron chi connectivity index (χ4n) is 1.77. The van der Waals surface area contributed by atoms with E-state index in [0.29, 0.717) is 12.1 Å². The molecule has 4 nitrogen and oxygen atoms in total. The van der Waals surface area contributed by atoms with Crippen molar-refractivity contribution >= 4 is 5.91 Å². The van der Waals surface area contributed by atoms with Gasteiger partial charge in [-0.3, -0.25) is 4.79 Å². The Labute approximate surface area is 151 Å². The topological polar surface area (TPSA) is 38.3 Å². The predicted molar refractivity (Wildman–Crippen MR) is 86.4 cm³/mol. The molecule has 124 valence electrons. The van der Waals surface area contributed by atoms with Crippen molar-refractivity contribution in [1.82, 2.24) is 5.32 Å². The Morgan fingerprint density at radius 1 is 1.23 bits per heavy atom. The van der Waals surface area contributed by atoms with E-state index >= 15 is 0 Å². The molecule has 0 atom stereocenters. The number of amides is 1. The van der Waals surface area contributed by atoms with Gasteiger partial charge in [-0.1, -0.05) is 6.92 Å². The molecule has 22 heavy (non-hydrogen) atoms. The molecule has 0 aliphatic rings. The van der Waals surface area contributed by atoms with Crippen LogP contribution >= 0.6 is 0 Å². The minimum absolute atomic E-state index is 0. The number of carbonyl (C=O) groups is 1. The number of hydrogen-bond acceptors (Lipinski definition) is 2. The van der Waals surface area contributed by atoms with Crippen LogP contribution in [0.4, 0.5) is 0 Å². The van der Waals surface area contributed by atoms with E-state index in [9.17, 15) is 4.79 Å². The van der Waals surface area contributed by atoms with Crippen molar-refractivity contribution in [2.45, 2.75) is 19.8 Å². The molecule has 1 rings (SSSR count). The van der Waals surface area contributed by atoms with Crippen LogP contribution in [0.1, 0.15) is 30.1 Å². The van der Waals surface area contributed by atoms with Crippen LogP contribution in [0.15, 0.2) is 36.6 Å². The minimum atomic E-state index is -0.0351. The van der Waals surface area contributed by atoms with Crippen LogP contribution in [0.25, 0.3) is 0 Å². The van der Waals surface area contributed by atoms with Crippen LogP contribution in [0.3, 0.4) is 0 Å². The van der Waals surface area contributed by atoms with Gasteiger partial charge < -0.3 is 38.5 Å². The van der Waals surface area contributed by atoms with Gasteiger partial charge in [-0.25, -0.2) is 0 Å². The van der Waals surface area contributed by atoms with E-state index in [1.54, 1.807) is 30.5 Å². The summed E-state index contributed by atoms with van der Waals surface area (Å²) in [6, 6.07) is 7.18. The van der Waals surface area contributed by atoms with Crippen molar-refractivity contribution in [2.75, 3.05) is 34.2 Å². The highest BCUT2D eigenvalue weighted by Gasteiger charge is 2.08. The maximum atomic E-state index is 12.0. The van der Waals surface area contributed by atoms with E-state index in [1.807, 2.05) is 13.0 Å². The number of quaternary nitrogens is 1. The van der Waals surface area contributed by atoms with Gasteiger partial charge in [-0.2, -0.15) is 0 Å². The fourth-order valence-corrected chi connectivity index (χ4v) is 1.77. The van der Waals surface area contributed by atoms with Crippen LogP contribution in [0.5, 0.6) is 5.75 Å². The third-order valence-corrected chi connectivity index (χ3v) is 2.94. The van der Waals surface area contributed by atoms with E-state index in [-0.39, 0.29) is 29.9 Å². The zero-order chi connectivity index (χ0) is 15.7. The highest BCUT2D eigenvalue weighted by molar-refractivity contribution is 5.94. The fraction of sp³-hybridized carbons (Fsp3) is 0.471. The van der Waals surface area contributed by atoms with Gasteiger partial charge in [-0.05, 0) is 36.8 Å². The molecule has 0 saturated heterocycles. The largest absolute Gasteiger partial charge is 1.00 e. The van der Waals surface area contributed by atoms with E-state index < -0.39 is 0 Å². The summed E-state index contributed by atoms with van der Waals surface area (Å²) in [5.74, 6) is 0.702. The van der Waals surface area contributed by atoms with Gasteiger partial charge in [0.25, 0.3) is 5.91 Å². The van der Waals surface area contributed by atoms with Gasteiger partial charge in [0, 0.05) is 18.5 Å². The lowest BCUT2D eigenvalue weighted by Gasteiger charge is -2.23. The van der Waals surface area contributed by atoms with Crippen molar-refractivity contribution in [3.63, 3.8) is 0 Å². The average Bonchev–Trinajstić information content (AvgIpc) is 2.43. The molecule has 0 aromatic heterocycles. The van der Waals surface area contributed by atoms with Crippen molar-refractivity contribution < 1.29 is 38.0 Å². The second kappa shape index (κ2) is 10.6. The van der Waals surface area contributed by atoms with Gasteiger partial charge in [-0.15, -0.1) is 0 Å². The normalized spacial score (nSPS) is 11.1. The Morgan fingerprint density at radius 2 is 1.86 bits per heavy atom. The van der Waals surface area contributed by atoms with E-state index in [0.717, 1.165) is 29.6 Å². The number of hydrogen-bond donors (Lipinski definition) is 1. The first kappa shape index (κ1) is 20.9. The Hall–Kier alpha value is -1.08. The number of nitrogens with one attached hydrogen (secondary N) is 1. The molecule has 0 heterocycles. The maximum absolute atomic E-state index is 12.0. The molecule has 0 saturated carbocycles. The van der Waals surface area contributed by atoms with Crippen molar-refractivity contribution in [1.29, 1.82) is 0 Å². The lowest BCUT2D eigenvalue weighted by molar-refractivity contribution is -0.870. The monoisotopic (exact) mass is 418 g/mol. The summed E-state index contributed by atoms with van der Waals surface area (Å²) in [5, 5.41) is 2.94. The predicted octanol–water partition coefficient (Wildman–Crippen LogP) is -0.181. The second-order valence-corrected chi connectivity index (χ2v) is 6.05. The molecule has 1 aromatic rings. The van der Waals surface area contributed by atoms with Crippen molar-refractivity contribution in [3.8, 4) is 5.75 Å². The number of benzene rings is 1. The smallest absolute Gasteiger partial charge is 0.251 e. The van der Waals surface area contributed by atoms with E-state index in [2.05, 4.69) is 26.5 Å². The maximum Gasteiger partial charge on any atom is 0.251 e. The molecule has 0 bridgehead atoms. The number of carbonyl (C=O) groups excluding carboxylic acids is 1. The summed E-state index contributed by atoms with van der Waals surface area (Å²) in [6.07, 6.45) is 5.51. The van der Waals surface area contributed by atoms with Gasteiger partial charge in [0.05, 0.1) is 33.9 Å². The third kappa shape index (κ3) is 9.04. The average molecular weight is 418 g/mol. The first-order valence-corrected chi connectivity index (χ1v) is 7.43. The molecule has 0 aliphatic carbocycles. The first-order valence-electron chi connectivity index (χ1n) is 7.43. The van der Waals surface area contributed by atoms with Gasteiger partial charge >= 0.3 is 0 Å². The highest BCUT2D eigenvalue weighted by atomic mass is 127. The van der Waals surface area contributed by atoms with Crippen LogP contribution in [-0.2, 0) is 0 Å². The van der Waals surface area contributed by atoms with E-state index in [1.165, 1.54) is 0 Å². The molecular weight excluding hydrogens is 391 g/mol. The number of ether oxygens (including phenoxy) is 1. The molecule has 1 amide bonds. The summed E-state index contributed by atoms with van der Waals surface area (Å²) < 4.78 is 6.31. The zero-order valence-corrected chi connectivity index (χ0v) is 16.1. The lowest BCUT2D eigenvalue weighted by Crippen LogP contribution is -3.00. The SMILES string of the molecule is CCC=COc1ccc(C(=O)NCCC[N+](C)(C)C)cc1.[I-].